The molecule has 1 aromatic carbocycles. The second-order valence-electron chi connectivity index (χ2n) is 10.3. The van der Waals surface area contributed by atoms with E-state index in [4.69, 9.17) is 4.42 Å². The predicted octanol–water partition coefficient (Wildman–Crippen LogP) is 5.24. The van der Waals surface area contributed by atoms with E-state index in [0.717, 1.165) is 24.1 Å². The van der Waals surface area contributed by atoms with Gasteiger partial charge in [0.25, 0.3) is 5.91 Å². The summed E-state index contributed by atoms with van der Waals surface area (Å²) in [5.41, 5.74) is 0.894. The number of fused-ring (bicyclic) bond motifs is 1. The van der Waals surface area contributed by atoms with Gasteiger partial charge in [-0.3, -0.25) is 9.59 Å². The molecule has 1 saturated carbocycles. The average Bonchev–Trinajstić information content (AvgIpc) is 3.51. The smallest absolute Gasteiger partial charge is 0.271 e. The quantitative estimate of drug-likeness (QED) is 0.546. The van der Waals surface area contributed by atoms with E-state index in [1.165, 1.54) is 18.6 Å². The molecule has 1 aliphatic heterocycles. The predicted molar refractivity (Wildman–Crippen MR) is 131 cm³/mol. The third kappa shape index (κ3) is 4.17. The van der Waals surface area contributed by atoms with Crippen molar-refractivity contribution in [3.05, 3.63) is 71.9 Å². The molecule has 1 aliphatic carbocycles. The van der Waals surface area contributed by atoms with Gasteiger partial charge in [-0.1, -0.05) is 38.8 Å². The van der Waals surface area contributed by atoms with E-state index in [9.17, 15) is 14.0 Å². The number of carbonyl (C=O) groups is 2. The summed E-state index contributed by atoms with van der Waals surface area (Å²) in [7, 11) is 0. The number of nitrogens with zero attached hydrogens (tertiary/aromatic N) is 2. The molecule has 0 radical (unpaired) electrons. The maximum absolute atomic E-state index is 14.0. The van der Waals surface area contributed by atoms with Crippen molar-refractivity contribution in [1.82, 2.24) is 14.8 Å². The van der Waals surface area contributed by atoms with Crippen LogP contribution in [0, 0.1) is 17.7 Å². The number of hydrogen-bond acceptors (Lipinski definition) is 3. The first-order chi connectivity index (χ1) is 16.8. The summed E-state index contributed by atoms with van der Waals surface area (Å²) in [6.07, 6.45) is 4.78. The van der Waals surface area contributed by atoms with Gasteiger partial charge in [0.05, 0.1) is 18.5 Å². The third-order valence-corrected chi connectivity index (χ3v) is 8.05. The standard InChI is InChI=1S/C28H32FN3O3/c1-18-6-4-7-22(19(18)2)30-27(34)28(3)17-31-23(25-8-5-15-35-25)13-14-24(31)26(33)32(28)16-20-9-11-21(29)12-10-20/h5,8-15,18-19,22H,4,6-7,16-17H2,1-3H3,(H,30,34). The van der Waals surface area contributed by atoms with Crippen molar-refractivity contribution in [2.75, 3.05) is 0 Å². The van der Waals surface area contributed by atoms with Gasteiger partial charge in [0, 0.05) is 12.6 Å². The van der Waals surface area contributed by atoms with Crippen LogP contribution in [-0.2, 0) is 17.9 Å². The minimum Gasteiger partial charge on any atom is -0.463 e. The average molecular weight is 478 g/mol. The van der Waals surface area contributed by atoms with Crippen LogP contribution < -0.4 is 5.32 Å². The van der Waals surface area contributed by atoms with E-state index < -0.39 is 5.54 Å². The molecule has 7 heteroatoms. The van der Waals surface area contributed by atoms with Crippen LogP contribution >= 0.6 is 0 Å². The molecule has 1 fully saturated rings. The molecular weight excluding hydrogens is 445 g/mol. The Balaban J connectivity index is 1.52. The van der Waals surface area contributed by atoms with Crippen molar-refractivity contribution in [2.24, 2.45) is 11.8 Å². The van der Waals surface area contributed by atoms with E-state index in [0.29, 0.717) is 29.8 Å². The maximum atomic E-state index is 14.0. The maximum Gasteiger partial charge on any atom is 0.271 e. The van der Waals surface area contributed by atoms with Crippen LogP contribution in [0.2, 0.25) is 0 Å². The Morgan fingerprint density at radius 1 is 1.11 bits per heavy atom. The van der Waals surface area contributed by atoms with E-state index in [-0.39, 0.29) is 30.2 Å². The second kappa shape index (κ2) is 9.02. The van der Waals surface area contributed by atoms with Gasteiger partial charge in [0.1, 0.15) is 22.8 Å². The van der Waals surface area contributed by atoms with E-state index >= 15 is 0 Å². The molecule has 4 atom stereocenters. The van der Waals surface area contributed by atoms with Crippen LogP contribution in [0.4, 0.5) is 4.39 Å². The number of aromatic nitrogens is 1. The number of benzene rings is 1. The van der Waals surface area contributed by atoms with Gasteiger partial charge in [-0.25, -0.2) is 4.39 Å². The highest BCUT2D eigenvalue weighted by Gasteiger charge is 2.48. The molecule has 3 heterocycles. The van der Waals surface area contributed by atoms with Gasteiger partial charge in [0.2, 0.25) is 5.91 Å². The Morgan fingerprint density at radius 3 is 2.57 bits per heavy atom. The Labute approximate surface area is 205 Å². The Bertz CT molecular complexity index is 1220. The van der Waals surface area contributed by atoms with E-state index in [1.54, 1.807) is 35.4 Å². The van der Waals surface area contributed by atoms with Crippen LogP contribution in [-0.4, -0.2) is 32.9 Å². The van der Waals surface area contributed by atoms with Crippen molar-refractivity contribution in [1.29, 1.82) is 0 Å². The van der Waals surface area contributed by atoms with Crippen molar-refractivity contribution in [3.8, 4) is 11.5 Å². The largest absolute Gasteiger partial charge is 0.463 e. The minimum absolute atomic E-state index is 0.0708. The first-order valence-electron chi connectivity index (χ1n) is 12.4. The number of amides is 2. The van der Waals surface area contributed by atoms with Crippen LogP contribution in [0.5, 0.6) is 0 Å². The monoisotopic (exact) mass is 477 g/mol. The highest BCUT2D eigenvalue weighted by molar-refractivity contribution is 6.00. The zero-order valence-electron chi connectivity index (χ0n) is 20.5. The molecule has 5 rings (SSSR count). The summed E-state index contributed by atoms with van der Waals surface area (Å²) in [5.74, 6) is 0.809. The molecule has 3 aromatic rings. The van der Waals surface area contributed by atoms with Crippen molar-refractivity contribution >= 4 is 11.8 Å². The van der Waals surface area contributed by atoms with Gasteiger partial charge in [-0.2, -0.15) is 0 Å². The summed E-state index contributed by atoms with van der Waals surface area (Å²) in [5, 5.41) is 3.30. The van der Waals surface area contributed by atoms with E-state index in [2.05, 4.69) is 19.2 Å². The molecule has 2 aromatic heterocycles. The minimum atomic E-state index is -1.14. The van der Waals surface area contributed by atoms with Gasteiger partial charge in [-0.15, -0.1) is 0 Å². The zero-order chi connectivity index (χ0) is 24.7. The molecule has 184 valence electrons. The Kier molecular flexibility index (Phi) is 6.03. The third-order valence-electron chi connectivity index (χ3n) is 8.05. The highest BCUT2D eigenvalue weighted by atomic mass is 19.1. The number of furan rings is 1. The number of hydrogen-bond donors (Lipinski definition) is 1. The molecule has 0 spiro atoms. The lowest BCUT2D eigenvalue weighted by atomic mass is 9.77. The molecule has 1 N–H and O–H groups in total. The van der Waals surface area contributed by atoms with Gasteiger partial charge >= 0.3 is 0 Å². The Hall–Kier alpha value is -3.35. The molecule has 4 unspecified atom stereocenters. The molecule has 35 heavy (non-hydrogen) atoms. The molecular formula is C28H32FN3O3. The van der Waals surface area contributed by atoms with Crippen molar-refractivity contribution < 1.29 is 18.4 Å². The summed E-state index contributed by atoms with van der Waals surface area (Å²) in [4.78, 5) is 29.4. The molecule has 0 saturated heterocycles. The number of rotatable bonds is 5. The van der Waals surface area contributed by atoms with Crippen LogP contribution in [0.3, 0.4) is 0 Å². The summed E-state index contributed by atoms with van der Waals surface area (Å²) in [6, 6.07) is 13.4. The van der Waals surface area contributed by atoms with Crippen LogP contribution in [0.25, 0.3) is 11.5 Å². The zero-order valence-corrected chi connectivity index (χ0v) is 20.5. The van der Waals surface area contributed by atoms with Gasteiger partial charge < -0.3 is 19.2 Å². The molecule has 0 bridgehead atoms. The van der Waals surface area contributed by atoms with Gasteiger partial charge in [-0.05, 0) is 67.1 Å². The number of carbonyl (C=O) groups excluding carboxylic acids is 2. The number of halogens is 1. The number of nitrogens with one attached hydrogen (secondary N) is 1. The first-order valence-corrected chi connectivity index (χ1v) is 12.4. The highest BCUT2D eigenvalue weighted by Crippen LogP contribution is 2.35. The lowest BCUT2D eigenvalue weighted by Crippen LogP contribution is -2.65. The lowest BCUT2D eigenvalue weighted by molar-refractivity contribution is -0.134. The summed E-state index contributed by atoms with van der Waals surface area (Å²) in [6.45, 7) is 6.76. The topological polar surface area (TPSA) is 67.5 Å². The molecule has 2 amide bonds. The van der Waals surface area contributed by atoms with E-state index in [1.807, 2.05) is 23.6 Å². The molecule has 2 aliphatic rings. The SMILES string of the molecule is CC1CCCC(NC(=O)C2(C)Cn3c(ccc3-c3ccco3)C(=O)N2Cc2ccc(F)cc2)C1C. The first kappa shape index (κ1) is 23.4. The van der Waals surface area contributed by atoms with Gasteiger partial charge in [0.15, 0.2) is 0 Å². The lowest BCUT2D eigenvalue weighted by Gasteiger charge is -2.46. The fourth-order valence-corrected chi connectivity index (χ4v) is 5.54. The molecule has 6 nitrogen and oxygen atoms in total. The second-order valence-corrected chi connectivity index (χ2v) is 10.3. The summed E-state index contributed by atoms with van der Waals surface area (Å²) >= 11 is 0. The summed E-state index contributed by atoms with van der Waals surface area (Å²) < 4.78 is 21.0. The van der Waals surface area contributed by atoms with Crippen molar-refractivity contribution in [2.45, 2.75) is 64.7 Å². The Morgan fingerprint density at radius 2 is 1.86 bits per heavy atom. The van der Waals surface area contributed by atoms with Crippen LogP contribution in [0.15, 0.2) is 59.2 Å². The van der Waals surface area contributed by atoms with Crippen LogP contribution in [0.1, 0.15) is 56.1 Å². The fourth-order valence-electron chi connectivity index (χ4n) is 5.54. The fraction of sp³-hybridized carbons (Fsp3) is 0.429. The normalized spacial score (nSPS) is 26.5. The van der Waals surface area contributed by atoms with Crippen molar-refractivity contribution in [3.63, 3.8) is 0 Å².